The highest BCUT2D eigenvalue weighted by atomic mass is 19.4. The van der Waals surface area contributed by atoms with Crippen molar-refractivity contribution in [1.82, 2.24) is 19.9 Å². The fourth-order valence-electron chi connectivity index (χ4n) is 4.06. The van der Waals surface area contributed by atoms with Gasteiger partial charge in [-0.25, -0.2) is 0 Å². The lowest BCUT2D eigenvalue weighted by Crippen LogP contribution is -2.24. The van der Waals surface area contributed by atoms with E-state index >= 15 is 0 Å². The van der Waals surface area contributed by atoms with Crippen LogP contribution in [0.2, 0.25) is 0 Å². The maximum Gasteiger partial charge on any atom is 0.419 e. The average molecular weight is 449 g/mol. The molecule has 2 aromatic heterocycles. The summed E-state index contributed by atoms with van der Waals surface area (Å²) >= 11 is 0. The highest BCUT2D eigenvalue weighted by Gasteiger charge is 2.36. The van der Waals surface area contributed by atoms with Crippen LogP contribution in [0.15, 0.2) is 22.7 Å². The number of benzene rings is 1. The summed E-state index contributed by atoms with van der Waals surface area (Å²) < 4.78 is 53.2. The van der Waals surface area contributed by atoms with E-state index in [-0.39, 0.29) is 41.6 Å². The van der Waals surface area contributed by atoms with E-state index in [0.29, 0.717) is 12.2 Å². The Labute approximate surface area is 183 Å². The van der Waals surface area contributed by atoms with Crippen LogP contribution < -0.4 is 10.5 Å². The highest BCUT2D eigenvalue weighted by molar-refractivity contribution is 5.63. The summed E-state index contributed by atoms with van der Waals surface area (Å²) in [5.41, 5.74) is 7.62. The van der Waals surface area contributed by atoms with Crippen molar-refractivity contribution >= 4 is 0 Å². The molecular weight excluding hydrogens is 423 g/mol. The molecule has 4 rings (SSSR count). The first-order valence-electron chi connectivity index (χ1n) is 10.6. The molecule has 10 heteroatoms. The van der Waals surface area contributed by atoms with Gasteiger partial charge in [0.2, 0.25) is 5.82 Å². The van der Waals surface area contributed by atoms with Crippen LogP contribution in [-0.4, -0.2) is 33.1 Å². The molecular formula is C22H26F3N5O2. The number of aromatic nitrogens is 4. The summed E-state index contributed by atoms with van der Waals surface area (Å²) in [4.78, 5) is 4.38. The van der Waals surface area contributed by atoms with Gasteiger partial charge in [-0.15, -0.1) is 0 Å². The van der Waals surface area contributed by atoms with Crippen LogP contribution >= 0.6 is 0 Å². The molecule has 1 aromatic carbocycles. The molecule has 0 bridgehead atoms. The Kier molecular flexibility index (Phi) is 5.74. The molecule has 2 heterocycles. The lowest BCUT2D eigenvalue weighted by molar-refractivity contribution is -0.138. The van der Waals surface area contributed by atoms with E-state index in [1.165, 1.54) is 12.1 Å². The van der Waals surface area contributed by atoms with E-state index in [9.17, 15) is 13.2 Å². The van der Waals surface area contributed by atoms with E-state index < -0.39 is 11.7 Å². The third-order valence-corrected chi connectivity index (χ3v) is 5.71. The van der Waals surface area contributed by atoms with Gasteiger partial charge in [-0.2, -0.15) is 23.3 Å². The summed E-state index contributed by atoms with van der Waals surface area (Å²) in [6, 6.07) is 3.68. The number of nitrogens with two attached hydrogens (primary N) is 1. The number of halogens is 3. The Hall–Kier alpha value is -2.88. The predicted molar refractivity (Wildman–Crippen MR) is 112 cm³/mol. The Bertz CT molecular complexity index is 1120. The fraction of sp³-hybridized carbons (Fsp3) is 0.500. The number of ether oxygens (including phenoxy) is 1. The molecule has 0 saturated carbocycles. The summed E-state index contributed by atoms with van der Waals surface area (Å²) in [5, 5.41) is 8.59. The minimum absolute atomic E-state index is 0.0171. The first-order valence-corrected chi connectivity index (χ1v) is 10.6. The number of rotatable bonds is 6. The van der Waals surface area contributed by atoms with E-state index in [1.54, 1.807) is 0 Å². The zero-order valence-electron chi connectivity index (χ0n) is 18.3. The summed E-state index contributed by atoms with van der Waals surface area (Å²) in [5.74, 6) is -0.0132. The van der Waals surface area contributed by atoms with E-state index in [4.69, 9.17) is 15.0 Å². The minimum atomic E-state index is -4.60. The Morgan fingerprint density at radius 1 is 1.28 bits per heavy atom. The zero-order valence-corrected chi connectivity index (χ0v) is 18.3. The number of aryl methyl sites for hydroxylation is 1. The largest absolute Gasteiger partial charge is 0.492 e. The lowest BCUT2D eigenvalue weighted by Gasteiger charge is -2.30. The SMILES string of the molecule is CCn1nc(-c2nc(-c3ccc(OCCN)c(C(F)(F)F)c3)no2)c2c1CC(C)(C)CC2. The van der Waals surface area contributed by atoms with E-state index in [1.807, 2.05) is 11.6 Å². The summed E-state index contributed by atoms with van der Waals surface area (Å²) in [6.07, 6.45) is -1.87. The van der Waals surface area contributed by atoms with Crippen LogP contribution in [0.5, 0.6) is 5.75 Å². The van der Waals surface area contributed by atoms with Crippen molar-refractivity contribution in [1.29, 1.82) is 0 Å². The molecule has 1 aliphatic carbocycles. The van der Waals surface area contributed by atoms with Crippen molar-refractivity contribution in [2.75, 3.05) is 13.2 Å². The lowest BCUT2D eigenvalue weighted by atomic mass is 9.76. The quantitative estimate of drug-likeness (QED) is 0.596. The molecule has 172 valence electrons. The van der Waals surface area contributed by atoms with Crippen molar-refractivity contribution in [2.45, 2.75) is 52.8 Å². The molecule has 0 fully saturated rings. The van der Waals surface area contributed by atoms with Crippen LogP contribution in [0.3, 0.4) is 0 Å². The molecule has 0 radical (unpaired) electrons. The van der Waals surface area contributed by atoms with Gasteiger partial charge >= 0.3 is 6.18 Å². The average Bonchev–Trinajstić information content (AvgIpc) is 3.35. The monoisotopic (exact) mass is 449 g/mol. The Morgan fingerprint density at radius 3 is 2.75 bits per heavy atom. The summed E-state index contributed by atoms with van der Waals surface area (Å²) in [7, 11) is 0. The first-order chi connectivity index (χ1) is 15.1. The molecule has 0 saturated heterocycles. The zero-order chi connectivity index (χ0) is 23.1. The van der Waals surface area contributed by atoms with Crippen molar-refractivity contribution in [2.24, 2.45) is 11.1 Å². The second-order valence-corrected chi connectivity index (χ2v) is 8.70. The molecule has 0 atom stereocenters. The fourth-order valence-corrected chi connectivity index (χ4v) is 4.06. The van der Waals surface area contributed by atoms with Crippen LogP contribution in [0.25, 0.3) is 23.0 Å². The van der Waals surface area contributed by atoms with Crippen molar-refractivity contribution < 1.29 is 22.4 Å². The second-order valence-electron chi connectivity index (χ2n) is 8.70. The molecule has 0 aliphatic heterocycles. The molecule has 7 nitrogen and oxygen atoms in total. The van der Waals surface area contributed by atoms with Crippen molar-refractivity contribution in [3.05, 3.63) is 35.0 Å². The molecule has 1 aliphatic rings. The molecule has 0 spiro atoms. The normalized spacial score (nSPS) is 15.6. The minimum Gasteiger partial charge on any atom is -0.492 e. The van der Waals surface area contributed by atoms with Gasteiger partial charge in [-0.3, -0.25) is 4.68 Å². The number of hydrogen-bond acceptors (Lipinski definition) is 6. The maximum atomic E-state index is 13.5. The maximum absolute atomic E-state index is 13.5. The smallest absolute Gasteiger partial charge is 0.419 e. The van der Waals surface area contributed by atoms with Gasteiger partial charge in [-0.1, -0.05) is 19.0 Å². The Balaban J connectivity index is 1.70. The molecule has 2 N–H and O–H groups in total. The van der Waals surface area contributed by atoms with Gasteiger partial charge in [0, 0.05) is 29.9 Å². The van der Waals surface area contributed by atoms with E-state index in [0.717, 1.165) is 36.6 Å². The predicted octanol–water partition coefficient (Wildman–Crippen LogP) is 4.49. The highest BCUT2D eigenvalue weighted by Crippen LogP contribution is 2.40. The summed E-state index contributed by atoms with van der Waals surface area (Å²) in [6.45, 7) is 7.28. The number of fused-ring (bicyclic) bond motifs is 1. The van der Waals surface area contributed by atoms with E-state index in [2.05, 4.69) is 29.1 Å². The van der Waals surface area contributed by atoms with Crippen molar-refractivity contribution in [3.63, 3.8) is 0 Å². The van der Waals surface area contributed by atoms with Crippen LogP contribution in [0.1, 0.15) is 44.0 Å². The number of hydrogen-bond donors (Lipinski definition) is 1. The molecule has 0 amide bonds. The van der Waals surface area contributed by atoms with Crippen LogP contribution in [-0.2, 0) is 25.6 Å². The van der Waals surface area contributed by atoms with Crippen molar-refractivity contribution in [3.8, 4) is 28.7 Å². The van der Waals surface area contributed by atoms with Gasteiger partial charge in [0.05, 0.1) is 5.56 Å². The third-order valence-electron chi connectivity index (χ3n) is 5.71. The Morgan fingerprint density at radius 2 is 2.06 bits per heavy atom. The first kappa shape index (κ1) is 22.3. The number of alkyl halides is 3. The van der Waals surface area contributed by atoms with Crippen LogP contribution in [0, 0.1) is 5.41 Å². The van der Waals surface area contributed by atoms with Gasteiger partial charge in [0.1, 0.15) is 12.4 Å². The molecule has 3 aromatic rings. The third kappa shape index (κ3) is 4.23. The molecule has 0 unspecified atom stereocenters. The second kappa shape index (κ2) is 8.23. The standard InChI is InChI=1S/C22H26F3N5O2/c1-4-30-16-12-21(2,3)8-7-14(16)18(28-30)20-27-19(29-32-20)13-5-6-17(31-10-9-26)15(11-13)22(23,24)25/h5-6,11H,4,7-10,12,26H2,1-3H3. The van der Waals surface area contributed by atoms with Gasteiger partial charge in [0.25, 0.3) is 5.89 Å². The van der Waals surface area contributed by atoms with Gasteiger partial charge in [-0.05, 0) is 49.8 Å². The van der Waals surface area contributed by atoms with Gasteiger partial charge < -0.3 is 15.0 Å². The number of nitrogens with zero attached hydrogens (tertiary/aromatic N) is 4. The molecule has 32 heavy (non-hydrogen) atoms. The van der Waals surface area contributed by atoms with Gasteiger partial charge in [0.15, 0.2) is 5.69 Å². The topological polar surface area (TPSA) is 92.0 Å². The van der Waals surface area contributed by atoms with Crippen LogP contribution in [0.4, 0.5) is 13.2 Å².